The summed E-state index contributed by atoms with van der Waals surface area (Å²) in [6, 6.07) is 6.81. The molecule has 0 aliphatic carbocycles. The average molecular weight is 260 g/mol. The number of allylic oxidation sites excluding steroid dienone is 2. The highest BCUT2D eigenvalue weighted by atomic mass is 16.3. The molecule has 19 heavy (non-hydrogen) atoms. The van der Waals surface area contributed by atoms with Gasteiger partial charge in [0.1, 0.15) is 5.76 Å². The maximum absolute atomic E-state index is 11.2. The summed E-state index contributed by atoms with van der Waals surface area (Å²) in [5.41, 5.74) is 1.46. The van der Waals surface area contributed by atoms with E-state index in [0.717, 1.165) is 0 Å². The van der Waals surface area contributed by atoms with Crippen LogP contribution in [0.2, 0.25) is 0 Å². The Morgan fingerprint density at radius 1 is 1.16 bits per heavy atom. The smallest absolute Gasteiger partial charge is 0.221 e. The molecule has 2 N–H and O–H groups in total. The Morgan fingerprint density at radius 2 is 1.74 bits per heavy atom. The van der Waals surface area contributed by atoms with E-state index >= 15 is 0 Å². The van der Waals surface area contributed by atoms with Gasteiger partial charge in [-0.05, 0) is 38.1 Å². The molecule has 0 atom stereocenters. The normalized spacial score (nSPS) is 12.2. The number of hydrogen-bond acceptors (Lipinski definition) is 4. The fourth-order valence-corrected chi connectivity index (χ4v) is 1.41. The first-order chi connectivity index (χ1) is 8.90. The molecule has 1 aromatic carbocycles. The number of benzene rings is 1. The quantitative estimate of drug-likeness (QED) is 0.496. The molecule has 0 bridgehead atoms. The fourth-order valence-electron chi connectivity index (χ4n) is 1.41. The van der Waals surface area contributed by atoms with Crippen LogP contribution in [0.3, 0.4) is 0 Å². The van der Waals surface area contributed by atoms with Gasteiger partial charge in [0.15, 0.2) is 5.78 Å². The average Bonchev–Trinajstić information content (AvgIpc) is 2.29. The molecule has 0 radical (unpaired) electrons. The number of amides is 1. The zero-order valence-corrected chi connectivity index (χ0v) is 11.1. The molecule has 0 fully saturated rings. The Hall–Kier alpha value is -2.43. The van der Waals surface area contributed by atoms with Crippen LogP contribution in [0.5, 0.6) is 0 Å². The van der Waals surface area contributed by atoms with Gasteiger partial charge in [-0.1, -0.05) is 0 Å². The van der Waals surface area contributed by atoms with Crippen molar-refractivity contribution in [2.24, 2.45) is 4.99 Å². The van der Waals surface area contributed by atoms with E-state index in [0.29, 0.717) is 11.4 Å². The van der Waals surface area contributed by atoms with Gasteiger partial charge in [0.05, 0.1) is 11.3 Å². The van der Waals surface area contributed by atoms with Crippen LogP contribution in [-0.4, -0.2) is 23.0 Å². The van der Waals surface area contributed by atoms with Crippen molar-refractivity contribution in [3.05, 3.63) is 35.6 Å². The lowest BCUT2D eigenvalue weighted by Crippen LogP contribution is -2.05. The molecule has 1 aromatic rings. The first kappa shape index (κ1) is 14.6. The summed E-state index contributed by atoms with van der Waals surface area (Å²) in [4.78, 5) is 26.2. The van der Waals surface area contributed by atoms with Gasteiger partial charge in [-0.3, -0.25) is 14.6 Å². The first-order valence-corrected chi connectivity index (χ1v) is 5.72. The zero-order valence-electron chi connectivity index (χ0n) is 11.1. The van der Waals surface area contributed by atoms with E-state index in [4.69, 9.17) is 0 Å². The number of aliphatic imine (C=N–C) groups is 1. The van der Waals surface area contributed by atoms with E-state index in [1.807, 2.05) is 0 Å². The van der Waals surface area contributed by atoms with E-state index in [1.54, 1.807) is 24.3 Å². The third-order valence-corrected chi connectivity index (χ3v) is 2.30. The van der Waals surface area contributed by atoms with E-state index in [9.17, 15) is 14.7 Å². The van der Waals surface area contributed by atoms with Crippen LogP contribution in [0, 0.1) is 0 Å². The van der Waals surface area contributed by atoms with E-state index in [1.165, 1.54) is 27.0 Å². The van der Waals surface area contributed by atoms with Crippen LogP contribution in [-0.2, 0) is 9.59 Å². The number of aliphatic hydroxyl groups excluding tert-OH is 1. The van der Waals surface area contributed by atoms with Gasteiger partial charge >= 0.3 is 0 Å². The second-order valence-corrected chi connectivity index (χ2v) is 4.04. The number of hydrogen-bond donors (Lipinski definition) is 2. The van der Waals surface area contributed by atoms with Gasteiger partial charge in [-0.2, -0.15) is 0 Å². The second kappa shape index (κ2) is 6.49. The SMILES string of the molecule is CC(=O)Nc1ccc(N=C/C(C(C)=O)=C(\C)O)cc1. The summed E-state index contributed by atoms with van der Waals surface area (Å²) in [7, 11) is 0. The van der Waals surface area contributed by atoms with Crippen molar-refractivity contribution in [1.29, 1.82) is 0 Å². The zero-order chi connectivity index (χ0) is 14.4. The van der Waals surface area contributed by atoms with Gasteiger partial charge in [0.2, 0.25) is 5.91 Å². The molecular formula is C14H16N2O3. The number of nitrogens with zero attached hydrogens (tertiary/aromatic N) is 1. The molecule has 5 heteroatoms. The number of carbonyl (C=O) groups is 2. The van der Waals surface area contributed by atoms with E-state index in [2.05, 4.69) is 10.3 Å². The van der Waals surface area contributed by atoms with Crippen LogP contribution in [0.15, 0.2) is 40.6 Å². The Bertz CT molecular complexity index is 538. The molecule has 1 rings (SSSR count). The van der Waals surface area contributed by atoms with Crippen LogP contribution < -0.4 is 5.32 Å². The highest BCUT2D eigenvalue weighted by molar-refractivity contribution is 6.12. The molecule has 0 spiro atoms. The second-order valence-electron chi connectivity index (χ2n) is 4.04. The first-order valence-electron chi connectivity index (χ1n) is 5.72. The van der Waals surface area contributed by atoms with Crippen molar-refractivity contribution in [1.82, 2.24) is 0 Å². The number of carbonyl (C=O) groups excluding carboxylic acids is 2. The van der Waals surface area contributed by atoms with Crippen molar-refractivity contribution in [3.63, 3.8) is 0 Å². The maximum Gasteiger partial charge on any atom is 0.221 e. The number of Topliss-reactive ketones (excluding diaryl/α,β-unsaturated/α-hetero) is 1. The van der Waals surface area contributed by atoms with Gasteiger partial charge in [-0.15, -0.1) is 0 Å². The molecule has 0 saturated heterocycles. The predicted molar refractivity (Wildman–Crippen MR) is 74.9 cm³/mol. The number of rotatable bonds is 4. The van der Waals surface area contributed by atoms with Crippen LogP contribution >= 0.6 is 0 Å². The predicted octanol–water partition coefficient (Wildman–Crippen LogP) is 2.77. The van der Waals surface area contributed by atoms with Crippen molar-refractivity contribution in [2.75, 3.05) is 5.32 Å². The fraction of sp³-hybridized carbons (Fsp3) is 0.214. The minimum absolute atomic E-state index is 0.0638. The monoisotopic (exact) mass is 260 g/mol. The molecule has 0 unspecified atom stereocenters. The Morgan fingerprint density at radius 3 is 2.16 bits per heavy atom. The molecule has 0 aromatic heterocycles. The summed E-state index contributed by atoms with van der Waals surface area (Å²) in [5, 5.41) is 12.0. The van der Waals surface area contributed by atoms with Gasteiger partial charge in [0, 0.05) is 18.8 Å². The number of ketones is 1. The van der Waals surface area contributed by atoms with Crippen LogP contribution in [0.25, 0.3) is 0 Å². The maximum atomic E-state index is 11.2. The standard InChI is InChI=1S/C14H16N2O3/c1-9(17)14(10(2)18)8-15-12-4-6-13(7-5-12)16-11(3)19/h4-8,17H,1-3H3,(H,16,19)/b14-9-,15-8?. The molecule has 0 aliphatic rings. The van der Waals surface area contributed by atoms with Crippen molar-refractivity contribution in [3.8, 4) is 0 Å². The van der Waals surface area contributed by atoms with Gasteiger partial charge in [0.25, 0.3) is 0 Å². The Labute approximate surface area is 111 Å². The largest absolute Gasteiger partial charge is 0.512 e. The topological polar surface area (TPSA) is 78.8 Å². The minimum atomic E-state index is -0.251. The highest BCUT2D eigenvalue weighted by Crippen LogP contribution is 2.16. The third-order valence-electron chi connectivity index (χ3n) is 2.30. The summed E-state index contributed by atoms with van der Waals surface area (Å²) < 4.78 is 0. The lowest BCUT2D eigenvalue weighted by Gasteiger charge is -2.02. The molecule has 0 heterocycles. The van der Waals surface area contributed by atoms with Gasteiger partial charge < -0.3 is 10.4 Å². The molecule has 0 aliphatic heterocycles. The number of nitrogens with one attached hydrogen (secondary N) is 1. The minimum Gasteiger partial charge on any atom is -0.512 e. The van der Waals surface area contributed by atoms with E-state index in [-0.39, 0.29) is 23.0 Å². The summed E-state index contributed by atoms with van der Waals surface area (Å²) in [5.74, 6) is -0.460. The molecular weight excluding hydrogens is 244 g/mol. The van der Waals surface area contributed by atoms with Crippen LogP contribution in [0.4, 0.5) is 11.4 Å². The molecule has 1 amide bonds. The number of anilines is 1. The molecule has 0 saturated carbocycles. The molecule has 100 valence electrons. The van der Waals surface area contributed by atoms with Crippen molar-refractivity contribution >= 4 is 29.3 Å². The van der Waals surface area contributed by atoms with Crippen molar-refractivity contribution in [2.45, 2.75) is 20.8 Å². The van der Waals surface area contributed by atoms with E-state index < -0.39 is 0 Å². The highest BCUT2D eigenvalue weighted by Gasteiger charge is 2.04. The Balaban J connectivity index is 2.86. The van der Waals surface area contributed by atoms with Crippen molar-refractivity contribution < 1.29 is 14.7 Å². The molecule has 5 nitrogen and oxygen atoms in total. The third kappa shape index (κ3) is 4.75. The summed E-state index contributed by atoms with van der Waals surface area (Å²) >= 11 is 0. The lowest BCUT2D eigenvalue weighted by atomic mass is 10.2. The van der Waals surface area contributed by atoms with Crippen LogP contribution in [0.1, 0.15) is 20.8 Å². The lowest BCUT2D eigenvalue weighted by molar-refractivity contribution is -0.114. The Kier molecular flexibility index (Phi) is 5.00. The number of aliphatic hydroxyl groups is 1. The summed E-state index contributed by atoms with van der Waals surface area (Å²) in [6.45, 7) is 4.23. The summed E-state index contributed by atoms with van der Waals surface area (Å²) in [6.07, 6.45) is 1.32. The van der Waals surface area contributed by atoms with Gasteiger partial charge in [-0.25, -0.2) is 0 Å².